The first-order valence-corrected chi connectivity index (χ1v) is 5.41. The van der Waals surface area contributed by atoms with E-state index in [0.717, 1.165) is 4.47 Å². The third-order valence-electron chi connectivity index (χ3n) is 2.34. The molecule has 1 heterocycles. The Bertz CT molecular complexity index is 441. The molecule has 0 saturated carbocycles. The van der Waals surface area contributed by atoms with Gasteiger partial charge in [-0.05, 0) is 12.1 Å². The Morgan fingerprint density at radius 1 is 1.59 bits per heavy atom. The van der Waals surface area contributed by atoms with Crippen LogP contribution in [0.15, 0.2) is 16.6 Å². The van der Waals surface area contributed by atoms with Gasteiger partial charge in [0.05, 0.1) is 13.2 Å². The highest BCUT2D eigenvalue weighted by molar-refractivity contribution is 9.10. The van der Waals surface area contributed by atoms with E-state index >= 15 is 0 Å². The number of aromatic hydroxyl groups is 1. The summed E-state index contributed by atoms with van der Waals surface area (Å²) in [4.78, 5) is 10.9. The second-order valence-electron chi connectivity index (χ2n) is 3.34. The average molecular weight is 325 g/mol. The maximum absolute atomic E-state index is 10.9. The average Bonchev–Trinajstić information content (AvgIpc) is 2.67. The number of halogens is 2. The molecule has 7 heteroatoms. The maximum Gasteiger partial charge on any atom is 0.407 e. The highest BCUT2D eigenvalue weighted by Crippen LogP contribution is 2.37. The van der Waals surface area contributed by atoms with Crippen molar-refractivity contribution in [3.05, 3.63) is 22.2 Å². The molecule has 2 rings (SSSR count). The van der Waals surface area contributed by atoms with Gasteiger partial charge < -0.3 is 19.9 Å². The van der Waals surface area contributed by atoms with E-state index in [1.165, 1.54) is 7.11 Å². The summed E-state index contributed by atoms with van der Waals surface area (Å²) in [6.45, 7) is 0.200. The molecule has 5 nitrogen and oxygen atoms in total. The van der Waals surface area contributed by atoms with Gasteiger partial charge in [0.15, 0.2) is 11.5 Å². The number of cyclic esters (lactones) is 1. The van der Waals surface area contributed by atoms with Crippen LogP contribution < -0.4 is 10.1 Å². The molecular formula is C10H11BrClNO4. The van der Waals surface area contributed by atoms with E-state index in [1.807, 2.05) is 0 Å². The molecule has 1 aromatic carbocycles. The topological polar surface area (TPSA) is 67.8 Å². The summed E-state index contributed by atoms with van der Waals surface area (Å²) in [6.07, 6.45) is -0.483. The van der Waals surface area contributed by atoms with Gasteiger partial charge in [-0.2, -0.15) is 0 Å². The monoisotopic (exact) mass is 323 g/mol. The number of methoxy groups -OCH3 is 1. The van der Waals surface area contributed by atoms with Gasteiger partial charge in [0.2, 0.25) is 0 Å². The summed E-state index contributed by atoms with van der Waals surface area (Å²) < 4.78 is 10.6. The summed E-state index contributed by atoms with van der Waals surface area (Å²) in [5.74, 6) is 0.368. The molecule has 1 atom stereocenters. The van der Waals surface area contributed by atoms with Crippen LogP contribution in [0, 0.1) is 0 Å². The van der Waals surface area contributed by atoms with E-state index in [0.29, 0.717) is 11.3 Å². The fourth-order valence-electron chi connectivity index (χ4n) is 1.57. The Hall–Kier alpha value is -1.14. The molecule has 1 fully saturated rings. The molecule has 0 unspecified atom stereocenters. The first-order valence-electron chi connectivity index (χ1n) is 4.61. The first-order chi connectivity index (χ1) is 7.61. The van der Waals surface area contributed by atoms with Crippen LogP contribution in [0.2, 0.25) is 0 Å². The van der Waals surface area contributed by atoms with Crippen molar-refractivity contribution in [3.8, 4) is 11.5 Å². The minimum atomic E-state index is -0.483. The molecule has 1 amide bonds. The normalized spacial score (nSPS) is 18.0. The number of hydrogen-bond donors (Lipinski definition) is 2. The second-order valence-corrected chi connectivity index (χ2v) is 4.26. The van der Waals surface area contributed by atoms with Crippen LogP contribution in [-0.4, -0.2) is 24.9 Å². The molecule has 0 spiro atoms. The standard InChI is InChI=1S/C10H10BrNO4.ClH/c1-15-8-3-5(11)2-6(9(8)13)7-4-16-10(14)12-7;/h2-3,7,13H,4H2,1H3,(H,12,14);1H/t7-;/m0./s1. The summed E-state index contributed by atoms with van der Waals surface area (Å²) in [5.41, 5.74) is 0.567. The minimum Gasteiger partial charge on any atom is -0.504 e. The predicted molar refractivity (Wildman–Crippen MR) is 66.8 cm³/mol. The maximum atomic E-state index is 10.9. The molecule has 0 aliphatic carbocycles. The van der Waals surface area contributed by atoms with Crippen LogP contribution in [0.5, 0.6) is 11.5 Å². The number of carbonyl (C=O) groups is 1. The number of phenols is 1. The van der Waals surface area contributed by atoms with E-state index < -0.39 is 6.09 Å². The molecule has 0 bridgehead atoms. The number of nitrogens with one attached hydrogen (secondary N) is 1. The van der Waals surface area contributed by atoms with E-state index in [4.69, 9.17) is 9.47 Å². The van der Waals surface area contributed by atoms with Gasteiger partial charge in [0.25, 0.3) is 0 Å². The van der Waals surface area contributed by atoms with E-state index in [2.05, 4.69) is 21.2 Å². The Morgan fingerprint density at radius 3 is 2.82 bits per heavy atom. The number of phenolic OH excluding ortho intramolecular Hbond substituents is 1. The number of carbonyl (C=O) groups excluding carboxylic acids is 1. The van der Waals surface area contributed by atoms with Crippen molar-refractivity contribution in [3.63, 3.8) is 0 Å². The van der Waals surface area contributed by atoms with Crippen molar-refractivity contribution >= 4 is 34.4 Å². The fourth-order valence-corrected chi connectivity index (χ4v) is 2.02. The van der Waals surface area contributed by atoms with Crippen molar-refractivity contribution in [1.29, 1.82) is 0 Å². The molecule has 94 valence electrons. The predicted octanol–water partition coefficient (Wildman–Crippen LogP) is 2.37. The molecule has 2 N–H and O–H groups in total. The Balaban J connectivity index is 0.00000144. The van der Waals surface area contributed by atoms with Gasteiger partial charge in [-0.25, -0.2) is 4.79 Å². The van der Waals surface area contributed by atoms with Crippen LogP contribution in [0.3, 0.4) is 0 Å². The number of amides is 1. The van der Waals surface area contributed by atoms with Crippen LogP contribution in [0.4, 0.5) is 4.79 Å². The molecule has 17 heavy (non-hydrogen) atoms. The molecule has 0 aromatic heterocycles. The van der Waals surface area contributed by atoms with Crippen molar-refractivity contribution in [2.24, 2.45) is 0 Å². The zero-order valence-electron chi connectivity index (χ0n) is 8.90. The third kappa shape index (κ3) is 2.76. The van der Waals surface area contributed by atoms with Crippen molar-refractivity contribution < 1.29 is 19.4 Å². The SMILES string of the molecule is COc1cc(Br)cc([C@@H]2COC(=O)N2)c1O.Cl. The molecule has 1 aromatic rings. The van der Waals surface area contributed by atoms with Gasteiger partial charge in [-0.15, -0.1) is 12.4 Å². The fraction of sp³-hybridized carbons (Fsp3) is 0.300. The van der Waals surface area contributed by atoms with E-state index in [1.54, 1.807) is 12.1 Å². The number of rotatable bonds is 2. The van der Waals surface area contributed by atoms with Crippen LogP contribution in [-0.2, 0) is 4.74 Å². The van der Waals surface area contributed by atoms with Gasteiger partial charge >= 0.3 is 6.09 Å². The summed E-state index contributed by atoms with van der Waals surface area (Å²) in [6, 6.07) is 3.02. The summed E-state index contributed by atoms with van der Waals surface area (Å²) in [7, 11) is 1.47. The van der Waals surface area contributed by atoms with E-state index in [-0.39, 0.29) is 30.8 Å². The van der Waals surface area contributed by atoms with Crippen LogP contribution in [0.25, 0.3) is 0 Å². The van der Waals surface area contributed by atoms with Crippen molar-refractivity contribution in [1.82, 2.24) is 5.32 Å². The minimum absolute atomic E-state index is 0. The number of hydrogen-bond acceptors (Lipinski definition) is 4. The lowest BCUT2D eigenvalue weighted by atomic mass is 10.1. The Kier molecular flexibility index (Phi) is 4.47. The van der Waals surface area contributed by atoms with Gasteiger partial charge in [0, 0.05) is 10.0 Å². The van der Waals surface area contributed by atoms with E-state index in [9.17, 15) is 9.90 Å². The quantitative estimate of drug-likeness (QED) is 0.876. The molecular weight excluding hydrogens is 313 g/mol. The summed E-state index contributed by atoms with van der Waals surface area (Å²) >= 11 is 3.31. The van der Waals surface area contributed by atoms with Crippen molar-refractivity contribution in [2.75, 3.05) is 13.7 Å². The van der Waals surface area contributed by atoms with Gasteiger partial charge in [-0.1, -0.05) is 15.9 Å². The highest BCUT2D eigenvalue weighted by atomic mass is 79.9. The van der Waals surface area contributed by atoms with Crippen LogP contribution >= 0.6 is 28.3 Å². The largest absolute Gasteiger partial charge is 0.504 e. The Labute approximate surface area is 113 Å². The first kappa shape index (κ1) is 13.9. The summed E-state index contributed by atoms with van der Waals surface area (Å²) in [5, 5.41) is 12.5. The lowest BCUT2D eigenvalue weighted by Gasteiger charge is -2.13. The number of ether oxygens (including phenoxy) is 2. The zero-order valence-corrected chi connectivity index (χ0v) is 11.3. The zero-order chi connectivity index (χ0) is 11.7. The smallest absolute Gasteiger partial charge is 0.407 e. The lowest BCUT2D eigenvalue weighted by molar-refractivity contribution is 0.176. The third-order valence-corrected chi connectivity index (χ3v) is 2.80. The second kappa shape index (κ2) is 5.46. The highest BCUT2D eigenvalue weighted by Gasteiger charge is 2.27. The molecule has 0 radical (unpaired) electrons. The molecule has 1 saturated heterocycles. The molecule has 1 aliphatic heterocycles. The number of alkyl carbamates (subject to hydrolysis) is 1. The van der Waals surface area contributed by atoms with Crippen molar-refractivity contribution in [2.45, 2.75) is 6.04 Å². The molecule has 1 aliphatic rings. The van der Waals surface area contributed by atoms with Crippen LogP contribution in [0.1, 0.15) is 11.6 Å². The lowest BCUT2D eigenvalue weighted by Crippen LogP contribution is -2.18. The van der Waals surface area contributed by atoms with Gasteiger partial charge in [0.1, 0.15) is 6.61 Å². The van der Waals surface area contributed by atoms with Gasteiger partial charge in [-0.3, -0.25) is 0 Å². The Morgan fingerprint density at radius 2 is 2.29 bits per heavy atom. The number of benzene rings is 1.